The second kappa shape index (κ2) is 2.33. The van der Waals surface area contributed by atoms with Crippen LogP contribution in [0.15, 0.2) is 12.3 Å². The fraction of sp³-hybridized carbons (Fsp3) is 0.571. The summed E-state index contributed by atoms with van der Waals surface area (Å²) in [7, 11) is 0. The Hall–Kier alpha value is -0.990. The first-order chi connectivity index (χ1) is 4.61. The van der Waals surface area contributed by atoms with Crippen LogP contribution in [0.4, 0.5) is 4.79 Å². The zero-order valence-corrected chi connectivity index (χ0v) is 6.09. The van der Waals surface area contributed by atoms with Crippen LogP contribution in [0, 0.1) is 5.92 Å². The molecule has 56 valence electrons. The van der Waals surface area contributed by atoms with Crippen LogP contribution >= 0.6 is 0 Å². The number of carbonyl (C=O) groups is 1. The van der Waals surface area contributed by atoms with Gasteiger partial charge >= 0.3 is 6.16 Å². The van der Waals surface area contributed by atoms with Crippen molar-refractivity contribution in [3.63, 3.8) is 0 Å². The lowest BCUT2D eigenvalue weighted by Crippen LogP contribution is -2.15. The van der Waals surface area contributed by atoms with Crippen molar-refractivity contribution in [2.24, 2.45) is 5.92 Å². The Morgan fingerprint density at radius 3 is 2.40 bits per heavy atom. The number of carbonyl (C=O) groups excluding carboxylic acids is 1. The van der Waals surface area contributed by atoms with Gasteiger partial charge in [0.2, 0.25) is 0 Å². The lowest BCUT2D eigenvalue weighted by atomic mass is 10.1. The van der Waals surface area contributed by atoms with Crippen LogP contribution in [0.5, 0.6) is 0 Å². The Morgan fingerprint density at radius 1 is 1.60 bits per heavy atom. The molecular formula is C7H10O3. The fourth-order valence-electron chi connectivity index (χ4n) is 0.866. The summed E-state index contributed by atoms with van der Waals surface area (Å²) in [5.41, 5.74) is 0. The second-order valence-corrected chi connectivity index (χ2v) is 2.60. The number of hydrogen-bond acceptors (Lipinski definition) is 3. The first-order valence-corrected chi connectivity index (χ1v) is 3.18. The van der Waals surface area contributed by atoms with Crippen LogP contribution in [0.1, 0.15) is 13.8 Å². The Bertz CT molecular complexity index is 172. The molecule has 3 nitrogen and oxygen atoms in total. The number of cyclic esters (lactones) is 2. The molecule has 0 aromatic rings. The Balaban J connectivity index is 2.63. The molecule has 0 aromatic heterocycles. The maximum absolute atomic E-state index is 10.5. The van der Waals surface area contributed by atoms with Gasteiger partial charge in [-0.25, -0.2) is 4.79 Å². The topological polar surface area (TPSA) is 35.5 Å². The number of rotatable bonds is 1. The third kappa shape index (κ3) is 1.12. The minimum absolute atomic E-state index is 0.235. The first kappa shape index (κ1) is 7.12. The lowest BCUT2D eigenvalue weighted by molar-refractivity contribution is 0.105. The van der Waals surface area contributed by atoms with E-state index in [4.69, 9.17) is 4.74 Å². The highest BCUT2D eigenvalue weighted by atomic mass is 16.8. The predicted octanol–water partition coefficient (Wildman–Crippen LogP) is 1.69. The maximum Gasteiger partial charge on any atom is 0.514 e. The lowest BCUT2D eigenvalue weighted by Gasteiger charge is -2.09. The molecule has 1 aliphatic rings. The standard InChI is InChI=1S/C7H10O3/c1-4(2)6-5(3)9-7(8)10-6/h4,6H,3H2,1-2H3. The van der Waals surface area contributed by atoms with Crippen molar-refractivity contribution in [1.29, 1.82) is 0 Å². The van der Waals surface area contributed by atoms with Gasteiger partial charge in [0.25, 0.3) is 0 Å². The normalized spacial score (nSPS) is 24.9. The largest absolute Gasteiger partial charge is 0.514 e. The number of ether oxygens (including phenoxy) is 2. The highest BCUT2D eigenvalue weighted by Gasteiger charge is 2.31. The summed E-state index contributed by atoms with van der Waals surface area (Å²) in [6, 6.07) is 0. The molecule has 1 aliphatic heterocycles. The summed E-state index contributed by atoms with van der Waals surface area (Å²) in [5.74, 6) is 0.652. The van der Waals surface area contributed by atoms with Gasteiger partial charge in [0.15, 0.2) is 6.10 Å². The molecule has 10 heavy (non-hydrogen) atoms. The van der Waals surface area contributed by atoms with Crippen LogP contribution in [-0.2, 0) is 9.47 Å². The summed E-state index contributed by atoms with van der Waals surface area (Å²) >= 11 is 0. The monoisotopic (exact) mass is 142 g/mol. The SMILES string of the molecule is C=C1OC(=O)OC1C(C)C. The zero-order valence-electron chi connectivity index (χ0n) is 6.09. The van der Waals surface area contributed by atoms with Crippen LogP contribution in [0.3, 0.4) is 0 Å². The minimum atomic E-state index is -0.635. The van der Waals surface area contributed by atoms with E-state index in [0.717, 1.165) is 0 Å². The second-order valence-electron chi connectivity index (χ2n) is 2.60. The summed E-state index contributed by atoms with van der Waals surface area (Å²) in [6.45, 7) is 7.42. The average molecular weight is 142 g/mol. The highest BCUT2D eigenvalue weighted by molar-refractivity contribution is 5.64. The Morgan fingerprint density at radius 2 is 2.20 bits per heavy atom. The molecule has 0 radical (unpaired) electrons. The van der Waals surface area contributed by atoms with Crippen LogP contribution in [-0.4, -0.2) is 12.3 Å². The first-order valence-electron chi connectivity index (χ1n) is 3.18. The van der Waals surface area contributed by atoms with Gasteiger partial charge in [-0.15, -0.1) is 0 Å². The molecule has 1 rings (SSSR count). The van der Waals surface area contributed by atoms with Gasteiger partial charge in [-0.1, -0.05) is 20.4 Å². The van der Waals surface area contributed by atoms with Gasteiger partial charge in [-0.05, 0) is 5.92 Å². The van der Waals surface area contributed by atoms with Gasteiger partial charge < -0.3 is 9.47 Å². The molecule has 1 fully saturated rings. The van der Waals surface area contributed by atoms with Crippen molar-refractivity contribution in [2.75, 3.05) is 0 Å². The highest BCUT2D eigenvalue weighted by Crippen LogP contribution is 2.23. The zero-order chi connectivity index (χ0) is 7.72. The smallest absolute Gasteiger partial charge is 0.422 e. The molecule has 0 bridgehead atoms. The van der Waals surface area contributed by atoms with E-state index in [9.17, 15) is 4.79 Å². The number of hydrogen-bond donors (Lipinski definition) is 0. The van der Waals surface area contributed by atoms with Crippen LogP contribution in [0.2, 0.25) is 0 Å². The van der Waals surface area contributed by atoms with Gasteiger partial charge in [-0.2, -0.15) is 0 Å². The van der Waals surface area contributed by atoms with Crippen molar-refractivity contribution in [1.82, 2.24) is 0 Å². The average Bonchev–Trinajstić information content (AvgIpc) is 2.10. The predicted molar refractivity (Wildman–Crippen MR) is 35.3 cm³/mol. The molecule has 0 aromatic carbocycles. The third-order valence-corrected chi connectivity index (χ3v) is 1.36. The van der Waals surface area contributed by atoms with Gasteiger partial charge in [-0.3, -0.25) is 0 Å². The van der Waals surface area contributed by atoms with Crippen molar-refractivity contribution in [3.05, 3.63) is 12.3 Å². The molecule has 0 aliphatic carbocycles. The van der Waals surface area contributed by atoms with Crippen molar-refractivity contribution in [2.45, 2.75) is 20.0 Å². The fourth-order valence-corrected chi connectivity index (χ4v) is 0.866. The van der Waals surface area contributed by atoms with E-state index in [0.29, 0.717) is 5.76 Å². The van der Waals surface area contributed by atoms with Crippen molar-refractivity contribution in [3.8, 4) is 0 Å². The molecule has 0 amide bonds. The van der Waals surface area contributed by atoms with E-state index < -0.39 is 6.16 Å². The molecule has 1 unspecified atom stereocenters. The van der Waals surface area contributed by atoms with E-state index in [1.165, 1.54) is 0 Å². The maximum atomic E-state index is 10.5. The molecule has 0 saturated carbocycles. The summed E-state index contributed by atoms with van der Waals surface area (Å²) < 4.78 is 9.35. The van der Waals surface area contributed by atoms with Gasteiger partial charge in [0.1, 0.15) is 5.76 Å². The van der Waals surface area contributed by atoms with E-state index in [2.05, 4.69) is 11.3 Å². The van der Waals surface area contributed by atoms with E-state index in [1.807, 2.05) is 13.8 Å². The molecule has 1 saturated heterocycles. The molecule has 1 atom stereocenters. The van der Waals surface area contributed by atoms with Crippen LogP contribution < -0.4 is 0 Å². The third-order valence-electron chi connectivity index (χ3n) is 1.36. The van der Waals surface area contributed by atoms with Crippen molar-refractivity contribution >= 4 is 6.16 Å². The molecule has 0 N–H and O–H groups in total. The Kier molecular flexibility index (Phi) is 1.66. The minimum Gasteiger partial charge on any atom is -0.422 e. The van der Waals surface area contributed by atoms with E-state index in [1.54, 1.807) is 0 Å². The summed E-state index contributed by atoms with van der Waals surface area (Å²) in [6.07, 6.45) is -0.892. The summed E-state index contributed by atoms with van der Waals surface area (Å²) in [5, 5.41) is 0. The quantitative estimate of drug-likeness (QED) is 0.522. The summed E-state index contributed by atoms with van der Waals surface area (Å²) in [4.78, 5) is 10.5. The van der Waals surface area contributed by atoms with E-state index in [-0.39, 0.29) is 12.0 Å². The molecule has 3 heteroatoms. The molecular weight excluding hydrogens is 132 g/mol. The van der Waals surface area contributed by atoms with Gasteiger partial charge in [0, 0.05) is 0 Å². The van der Waals surface area contributed by atoms with Crippen molar-refractivity contribution < 1.29 is 14.3 Å². The van der Waals surface area contributed by atoms with E-state index >= 15 is 0 Å². The van der Waals surface area contributed by atoms with Crippen LogP contribution in [0.25, 0.3) is 0 Å². The molecule has 1 heterocycles. The Labute approximate surface area is 59.6 Å². The molecule has 0 spiro atoms. The van der Waals surface area contributed by atoms with Gasteiger partial charge in [0.05, 0.1) is 0 Å².